The van der Waals surface area contributed by atoms with Crippen LogP contribution in [0.25, 0.3) is 0 Å². The summed E-state index contributed by atoms with van der Waals surface area (Å²) in [6.45, 7) is 6.17. The molecule has 1 saturated heterocycles. The van der Waals surface area contributed by atoms with Crippen LogP contribution < -0.4 is 4.74 Å². The van der Waals surface area contributed by atoms with E-state index in [0.29, 0.717) is 36.2 Å². The predicted molar refractivity (Wildman–Crippen MR) is 98.7 cm³/mol. The van der Waals surface area contributed by atoms with Crippen LogP contribution in [0.5, 0.6) is 5.75 Å². The number of carbonyl (C=O) groups is 1. The summed E-state index contributed by atoms with van der Waals surface area (Å²) in [5.74, 6) is 0.582. The molecule has 25 heavy (non-hydrogen) atoms. The molecule has 1 aliphatic rings. The topological polar surface area (TPSA) is 72.9 Å². The van der Waals surface area contributed by atoms with Crippen molar-refractivity contribution in [2.75, 3.05) is 20.2 Å². The SMILES string of the molecule is COc1ccc(S(=O)(=O)C2CCN(C(=O)OC(C)(C)C)CC2)cc1Br. The van der Waals surface area contributed by atoms with Crippen LogP contribution in [-0.2, 0) is 14.6 Å². The van der Waals surface area contributed by atoms with E-state index in [1.165, 1.54) is 7.11 Å². The molecule has 0 N–H and O–H groups in total. The first kappa shape index (κ1) is 20.0. The van der Waals surface area contributed by atoms with Crippen LogP contribution in [0.15, 0.2) is 27.6 Å². The number of methoxy groups -OCH3 is 1. The Morgan fingerprint density at radius 3 is 2.32 bits per heavy atom. The minimum absolute atomic E-state index is 0.260. The van der Waals surface area contributed by atoms with Crippen LogP contribution in [0.3, 0.4) is 0 Å². The fourth-order valence-corrected chi connectivity index (χ4v) is 5.14. The van der Waals surface area contributed by atoms with Crippen LogP contribution in [0.1, 0.15) is 33.6 Å². The van der Waals surface area contributed by atoms with Gasteiger partial charge in [-0.2, -0.15) is 0 Å². The van der Waals surface area contributed by atoms with Gasteiger partial charge < -0.3 is 14.4 Å². The van der Waals surface area contributed by atoms with E-state index in [1.54, 1.807) is 23.1 Å². The Bertz CT molecular complexity index is 734. The number of ether oxygens (including phenoxy) is 2. The summed E-state index contributed by atoms with van der Waals surface area (Å²) in [5.41, 5.74) is -0.560. The Morgan fingerprint density at radius 1 is 1.24 bits per heavy atom. The molecule has 1 aromatic rings. The molecule has 0 spiro atoms. The molecule has 8 heteroatoms. The maximum atomic E-state index is 12.8. The van der Waals surface area contributed by atoms with Crippen molar-refractivity contribution in [1.82, 2.24) is 4.90 Å². The van der Waals surface area contributed by atoms with Gasteiger partial charge in [0.05, 0.1) is 21.7 Å². The Labute approximate surface area is 157 Å². The summed E-state index contributed by atoms with van der Waals surface area (Å²) in [6, 6.07) is 4.75. The first-order valence-corrected chi connectivity index (χ1v) is 10.4. The Hall–Kier alpha value is -1.28. The van der Waals surface area contributed by atoms with Gasteiger partial charge in [0.25, 0.3) is 0 Å². The summed E-state index contributed by atoms with van der Waals surface area (Å²) < 4.78 is 36.8. The largest absolute Gasteiger partial charge is 0.496 e. The van der Waals surface area contributed by atoms with Gasteiger partial charge in [-0.3, -0.25) is 0 Å². The van der Waals surface area contributed by atoms with Gasteiger partial charge in [0.2, 0.25) is 0 Å². The lowest BCUT2D eigenvalue weighted by molar-refractivity contribution is 0.0217. The maximum Gasteiger partial charge on any atom is 0.410 e. The number of rotatable bonds is 3. The van der Waals surface area contributed by atoms with Gasteiger partial charge in [-0.25, -0.2) is 13.2 Å². The van der Waals surface area contributed by atoms with Gasteiger partial charge in [-0.15, -0.1) is 0 Å². The third-order valence-corrected chi connectivity index (χ3v) is 6.86. The minimum atomic E-state index is -3.46. The molecular formula is C17H24BrNO5S. The zero-order valence-corrected chi connectivity index (χ0v) is 17.3. The van der Waals surface area contributed by atoms with E-state index in [1.807, 2.05) is 20.8 Å². The minimum Gasteiger partial charge on any atom is -0.496 e. The van der Waals surface area contributed by atoms with E-state index in [0.717, 1.165) is 0 Å². The second kappa shape index (κ2) is 7.53. The third kappa shape index (κ3) is 4.88. The van der Waals surface area contributed by atoms with Gasteiger partial charge >= 0.3 is 6.09 Å². The zero-order valence-electron chi connectivity index (χ0n) is 14.9. The maximum absolute atomic E-state index is 12.8. The molecule has 0 unspecified atom stereocenters. The number of likely N-dealkylation sites (tertiary alicyclic amines) is 1. The summed E-state index contributed by atoms with van der Waals surface area (Å²) in [7, 11) is -1.93. The zero-order chi connectivity index (χ0) is 18.8. The third-order valence-electron chi connectivity index (χ3n) is 3.98. The summed E-state index contributed by atoms with van der Waals surface area (Å²) in [4.78, 5) is 13.9. The Balaban J connectivity index is 2.06. The first-order chi connectivity index (χ1) is 11.5. The van der Waals surface area contributed by atoms with Crippen molar-refractivity contribution in [2.24, 2.45) is 0 Å². The predicted octanol–water partition coefficient (Wildman–Crippen LogP) is 3.63. The average Bonchev–Trinajstić information content (AvgIpc) is 2.53. The highest BCUT2D eigenvalue weighted by atomic mass is 79.9. The van der Waals surface area contributed by atoms with E-state index >= 15 is 0 Å². The lowest BCUT2D eigenvalue weighted by Crippen LogP contribution is -2.44. The number of amides is 1. The van der Waals surface area contributed by atoms with Crippen molar-refractivity contribution in [3.8, 4) is 5.75 Å². The van der Waals surface area contributed by atoms with Crippen molar-refractivity contribution in [1.29, 1.82) is 0 Å². The van der Waals surface area contributed by atoms with Gasteiger partial charge in [-0.1, -0.05) is 0 Å². The fourth-order valence-electron chi connectivity index (χ4n) is 2.69. The van der Waals surface area contributed by atoms with E-state index < -0.39 is 26.8 Å². The second-order valence-corrected chi connectivity index (χ2v) is 10.1. The van der Waals surface area contributed by atoms with Gasteiger partial charge in [0.15, 0.2) is 9.84 Å². The summed E-state index contributed by atoms with van der Waals surface area (Å²) >= 11 is 3.32. The fraction of sp³-hybridized carbons (Fsp3) is 0.588. The number of sulfone groups is 1. The van der Waals surface area contributed by atoms with Crippen LogP contribution in [0, 0.1) is 0 Å². The molecule has 2 rings (SSSR count). The highest BCUT2D eigenvalue weighted by Gasteiger charge is 2.34. The molecule has 0 saturated carbocycles. The number of carbonyl (C=O) groups excluding carboxylic acids is 1. The number of piperidine rings is 1. The lowest BCUT2D eigenvalue weighted by atomic mass is 10.1. The first-order valence-electron chi connectivity index (χ1n) is 8.10. The molecule has 6 nitrogen and oxygen atoms in total. The molecule has 1 heterocycles. The summed E-state index contributed by atoms with van der Waals surface area (Å²) in [5, 5.41) is -0.508. The molecule has 1 amide bonds. The number of nitrogens with zero attached hydrogens (tertiary/aromatic N) is 1. The number of halogens is 1. The number of hydrogen-bond donors (Lipinski definition) is 0. The summed E-state index contributed by atoms with van der Waals surface area (Å²) in [6.07, 6.45) is 0.395. The van der Waals surface area contributed by atoms with Crippen LogP contribution in [0.4, 0.5) is 4.79 Å². The van der Waals surface area contributed by atoms with E-state index in [2.05, 4.69) is 15.9 Å². The Morgan fingerprint density at radius 2 is 1.84 bits per heavy atom. The highest BCUT2D eigenvalue weighted by molar-refractivity contribution is 9.10. The van der Waals surface area contributed by atoms with E-state index in [4.69, 9.17) is 9.47 Å². The molecule has 140 valence electrons. The second-order valence-electron chi connectivity index (χ2n) is 7.01. The van der Waals surface area contributed by atoms with Gasteiger partial charge in [0, 0.05) is 13.1 Å². The highest BCUT2D eigenvalue weighted by Crippen LogP contribution is 2.31. The Kier molecular flexibility index (Phi) is 6.04. The molecule has 0 aliphatic carbocycles. The smallest absolute Gasteiger partial charge is 0.410 e. The van der Waals surface area contributed by atoms with Crippen molar-refractivity contribution in [3.05, 3.63) is 22.7 Å². The van der Waals surface area contributed by atoms with Crippen molar-refractivity contribution in [2.45, 2.75) is 49.4 Å². The molecule has 1 fully saturated rings. The quantitative estimate of drug-likeness (QED) is 0.727. The molecule has 0 atom stereocenters. The molecule has 0 radical (unpaired) electrons. The normalized spacial score (nSPS) is 16.6. The average molecular weight is 434 g/mol. The van der Waals surface area contributed by atoms with E-state index in [9.17, 15) is 13.2 Å². The standard InChI is InChI=1S/C17H24BrNO5S/c1-17(2,3)24-16(20)19-9-7-12(8-10-19)25(21,22)13-5-6-15(23-4)14(18)11-13/h5-6,11-12H,7-10H2,1-4H3. The van der Waals surface area contributed by atoms with Crippen molar-refractivity contribution < 1.29 is 22.7 Å². The van der Waals surface area contributed by atoms with Crippen LogP contribution >= 0.6 is 15.9 Å². The molecular weight excluding hydrogens is 410 g/mol. The number of benzene rings is 1. The molecule has 1 aromatic carbocycles. The lowest BCUT2D eigenvalue weighted by Gasteiger charge is -2.33. The van der Waals surface area contributed by atoms with Gasteiger partial charge in [-0.05, 0) is 67.7 Å². The van der Waals surface area contributed by atoms with Crippen LogP contribution in [-0.4, -0.2) is 50.5 Å². The van der Waals surface area contributed by atoms with Crippen LogP contribution in [0.2, 0.25) is 0 Å². The van der Waals surface area contributed by atoms with Crippen molar-refractivity contribution in [3.63, 3.8) is 0 Å². The monoisotopic (exact) mass is 433 g/mol. The molecule has 0 bridgehead atoms. The van der Waals surface area contributed by atoms with Crippen molar-refractivity contribution >= 4 is 31.9 Å². The van der Waals surface area contributed by atoms with Gasteiger partial charge in [0.1, 0.15) is 11.4 Å². The number of hydrogen-bond acceptors (Lipinski definition) is 5. The van der Waals surface area contributed by atoms with E-state index in [-0.39, 0.29) is 4.90 Å². The molecule has 1 aliphatic heterocycles. The molecule has 0 aromatic heterocycles.